The number of aliphatic hydroxyl groups is 1. The molecular weight excluding hydrogens is 458 g/mol. The quantitative estimate of drug-likeness (QED) is 0.440. The predicted molar refractivity (Wildman–Crippen MR) is 128 cm³/mol. The Bertz CT molecular complexity index is 1210. The predicted octanol–water partition coefficient (Wildman–Crippen LogP) is 4.04. The zero-order valence-electron chi connectivity index (χ0n) is 19.6. The molecule has 0 atom stereocenters. The van der Waals surface area contributed by atoms with Crippen LogP contribution in [0.15, 0.2) is 59.8 Å². The summed E-state index contributed by atoms with van der Waals surface area (Å²) in [6.45, 7) is 6.02. The summed E-state index contributed by atoms with van der Waals surface area (Å²) in [5.41, 5.74) is 1.11. The highest BCUT2D eigenvalue weighted by Crippen LogP contribution is 2.39. The number of sulfonamides is 1. The molecule has 0 saturated carbocycles. The van der Waals surface area contributed by atoms with E-state index in [2.05, 4.69) is 35.5 Å². The van der Waals surface area contributed by atoms with Crippen molar-refractivity contribution in [1.82, 2.24) is 9.97 Å². The minimum atomic E-state index is -4.00. The van der Waals surface area contributed by atoms with Gasteiger partial charge in [0.1, 0.15) is 12.9 Å². The molecule has 0 aliphatic rings. The summed E-state index contributed by atoms with van der Waals surface area (Å²) in [5, 5.41) is 9.15. The Morgan fingerprint density at radius 2 is 1.68 bits per heavy atom. The normalized spacial score (nSPS) is 11.7. The number of nitrogens with one attached hydrogen (secondary N) is 1. The van der Waals surface area contributed by atoms with Crippen molar-refractivity contribution >= 4 is 15.8 Å². The standard InChI is InChI=1S/C24H29N3O6S/c1-24(2,3)15-17-9-11-18(12-10-17)34(29,30)27-22-21(23(26-16-25-22)32-14-13-28)33-20-8-6-5-7-19(20)31-4/h5-12,16,28H,13-15H2,1-4H3,(H,25,26,27). The highest BCUT2D eigenvalue weighted by Gasteiger charge is 2.23. The van der Waals surface area contributed by atoms with Crippen molar-refractivity contribution in [2.75, 3.05) is 25.0 Å². The van der Waals surface area contributed by atoms with Crippen LogP contribution in [-0.4, -0.2) is 43.8 Å². The van der Waals surface area contributed by atoms with Gasteiger partial charge in [-0.25, -0.2) is 13.4 Å². The first kappa shape index (κ1) is 25.3. The van der Waals surface area contributed by atoms with Gasteiger partial charge >= 0.3 is 0 Å². The number of rotatable bonds is 10. The van der Waals surface area contributed by atoms with E-state index in [1.807, 2.05) is 0 Å². The maximum Gasteiger partial charge on any atom is 0.263 e. The van der Waals surface area contributed by atoms with E-state index in [9.17, 15) is 8.42 Å². The average Bonchev–Trinajstić information content (AvgIpc) is 2.78. The van der Waals surface area contributed by atoms with Crippen molar-refractivity contribution in [3.05, 3.63) is 60.4 Å². The molecule has 0 bridgehead atoms. The maximum absolute atomic E-state index is 13.1. The SMILES string of the molecule is COc1ccccc1Oc1c(NS(=O)(=O)c2ccc(CC(C)(C)C)cc2)ncnc1OCCO. The monoisotopic (exact) mass is 487 g/mol. The highest BCUT2D eigenvalue weighted by molar-refractivity contribution is 7.92. The Labute approximate surface area is 199 Å². The molecule has 10 heteroatoms. The van der Waals surface area contributed by atoms with Crippen molar-refractivity contribution < 1.29 is 27.7 Å². The largest absolute Gasteiger partial charge is 0.493 e. The number of anilines is 1. The molecule has 1 heterocycles. The van der Waals surface area contributed by atoms with E-state index in [1.54, 1.807) is 48.5 Å². The number of aliphatic hydroxyl groups excluding tert-OH is 1. The maximum atomic E-state index is 13.1. The molecule has 0 aliphatic carbocycles. The molecule has 3 rings (SSSR count). The number of hydrogen-bond donors (Lipinski definition) is 2. The van der Waals surface area contributed by atoms with Crippen molar-refractivity contribution in [1.29, 1.82) is 0 Å². The Hall–Kier alpha value is -3.37. The van der Waals surface area contributed by atoms with Gasteiger partial charge in [-0.2, -0.15) is 4.98 Å². The Morgan fingerprint density at radius 1 is 1.00 bits per heavy atom. The molecule has 0 saturated heterocycles. The molecule has 0 spiro atoms. The molecule has 2 N–H and O–H groups in total. The van der Waals surface area contributed by atoms with E-state index in [4.69, 9.17) is 19.3 Å². The smallest absolute Gasteiger partial charge is 0.263 e. The lowest BCUT2D eigenvalue weighted by atomic mass is 9.88. The van der Waals surface area contributed by atoms with Crippen LogP contribution in [0, 0.1) is 5.41 Å². The number of para-hydroxylation sites is 2. The number of methoxy groups -OCH3 is 1. The minimum Gasteiger partial charge on any atom is -0.493 e. The van der Waals surface area contributed by atoms with E-state index in [0.29, 0.717) is 11.5 Å². The minimum absolute atomic E-state index is 0.0341. The van der Waals surface area contributed by atoms with E-state index in [-0.39, 0.29) is 41.0 Å². The van der Waals surface area contributed by atoms with Crippen molar-refractivity contribution in [3.8, 4) is 23.1 Å². The summed E-state index contributed by atoms with van der Waals surface area (Å²) in [6.07, 6.45) is 1.96. The van der Waals surface area contributed by atoms with Crippen LogP contribution >= 0.6 is 0 Å². The van der Waals surface area contributed by atoms with Crippen molar-refractivity contribution in [3.63, 3.8) is 0 Å². The number of ether oxygens (including phenoxy) is 3. The topological polar surface area (TPSA) is 120 Å². The summed E-state index contributed by atoms with van der Waals surface area (Å²) in [4.78, 5) is 8.17. The first-order valence-corrected chi connectivity index (χ1v) is 12.1. The van der Waals surface area contributed by atoms with Crippen LogP contribution in [0.2, 0.25) is 0 Å². The molecule has 3 aromatic rings. The van der Waals surface area contributed by atoms with Gasteiger partial charge in [0.2, 0.25) is 5.75 Å². The first-order valence-electron chi connectivity index (χ1n) is 10.6. The number of aromatic nitrogens is 2. The van der Waals surface area contributed by atoms with E-state index in [0.717, 1.165) is 18.3 Å². The molecule has 1 aromatic heterocycles. The number of hydrogen-bond acceptors (Lipinski definition) is 8. The highest BCUT2D eigenvalue weighted by atomic mass is 32.2. The van der Waals surface area contributed by atoms with Crippen LogP contribution in [0.5, 0.6) is 23.1 Å². The van der Waals surface area contributed by atoms with E-state index in [1.165, 1.54) is 7.11 Å². The lowest BCUT2D eigenvalue weighted by Gasteiger charge is -2.18. The summed E-state index contributed by atoms with van der Waals surface area (Å²) in [7, 11) is -2.51. The molecule has 0 amide bonds. The second-order valence-electron chi connectivity index (χ2n) is 8.67. The fourth-order valence-electron chi connectivity index (χ4n) is 3.17. The van der Waals surface area contributed by atoms with Gasteiger partial charge in [-0.05, 0) is 41.7 Å². The fraction of sp³-hybridized carbons (Fsp3) is 0.333. The molecule has 0 radical (unpaired) electrons. The summed E-state index contributed by atoms with van der Waals surface area (Å²) in [5.74, 6) is 0.512. The molecular formula is C24H29N3O6S. The van der Waals surface area contributed by atoms with E-state index < -0.39 is 10.0 Å². The molecule has 182 valence electrons. The third kappa shape index (κ3) is 6.58. The van der Waals surface area contributed by atoms with Crippen LogP contribution in [0.25, 0.3) is 0 Å². The van der Waals surface area contributed by atoms with Crippen molar-refractivity contribution in [2.24, 2.45) is 5.41 Å². The first-order chi connectivity index (χ1) is 16.1. The zero-order valence-corrected chi connectivity index (χ0v) is 20.4. The lowest BCUT2D eigenvalue weighted by Crippen LogP contribution is -2.16. The molecule has 0 fully saturated rings. The second-order valence-corrected chi connectivity index (χ2v) is 10.4. The third-order valence-corrected chi connectivity index (χ3v) is 5.94. The number of benzene rings is 2. The second kappa shape index (κ2) is 10.7. The molecule has 2 aromatic carbocycles. The molecule has 34 heavy (non-hydrogen) atoms. The van der Waals surface area contributed by atoms with E-state index >= 15 is 0 Å². The van der Waals surface area contributed by atoms with Gasteiger partial charge in [-0.1, -0.05) is 45.0 Å². The van der Waals surface area contributed by atoms with Gasteiger partial charge in [0, 0.05) is 0 Å². The average molecular weight is 488 g/mol. The van der Waals surface area contributed by atoms with Gasteiger partial charge < -0.3 is 19.3 Å². The van der Waals surface area contributed by atoms with Gasteiger partial charge in [-0.15, -0.1) is 0 Å². The Morgan fingerprint density at radius 3 is 2.29 bits per heavy atom. The van der Waals surface area contributed by atoms with Crippen LogP contribution in [0.3, 0.4) is 0 Å². The van der Waals surface area contributed by atoms with Crippen LogP contribution in [0.4, 0.5) is 5.82 Å². The fourth-order valence-corrected chi connectivity index (χ4v) is 4.18. The summed E-state index contributed by atoms with van der Waals surface area (Å²) in [6, 6.07) is 13.5. The Balaban J connectivity index is 1.95. The molecule has 0 aliphatic heterocycles. The van der Waals surface area contributed by atoms with Gasteiger partial charge in [0.15, 0.2) is 17.3 Å². The molecule has 9 nitrogen and oxygen atoms in total. The van der Waals surface area contributed by atoms with Gasteiger partial charge in [0.25, 0.3) is 15.9 Å². The summed E-state index contributed by atoms with van der Waals surface area (Å²) < 4.78 is 45.4. The summed E-state index contributed by atoms with van der Waals surface area (Å²) >= 11 is 0. The zero-order chi connectivity index (χ0) is 24.8. The lowest BCUT2D eigenvalue weighted by molar-refractivity contribution is 0.192. The Kier molecular flexibility index (Phi) is 7.95. The third-order valence-electron chi connectivity index (χ3n) is 4.58. The van der Waals surface area contributed by atoms with Gasteiger partial charge in [-0.3, -0.25) is 4.72 Å². The van der Waals surface area contributed by atoms with Gasteiger partial charge in [0.05, 0.1) is 18.6 Å². The number of nitrogens with zero attached hydrogens (tertiary/aromatic N) is 2. The van der Waals surface area contributed by atoms with Crippen molar-refractivity contribution in [2.45, 2.75) is 32.1 Å². The van der Waals surface area contributed by atoms with Crippen LogP contribution in [-0.2, 0) is 16.4 Å². The van der Waals surface area contributed by atoms with Crippen LogP contribution < -0.4 is 18.9 Å². The van der Waals surface area contributed by atoms with Crippen LogP contribution in [0.1, 0.15) is 26.3 Å². The molecule has 0 unspecified atom stereocenters.